The summed E-state index contributed by atoms with van der Waals surface area (Å²) in [6.07, 6.45) is 0. The minimum Gasteiger partial charge on any atom is -0.454 e. The van der Waals surface area contributed by atoms with E-state index < -0.39 is 0 Å². The van der Waals surface area contributed by atoms with Gasteiger partial charge in [-0.25, -0.2) is 0 Å². The van der Waals surface area contributed by atoms with Gasteiger partial charge in [-0.05, 0) is 17.7 Å². The van der Waals surface area contributed by atoms with Gasteiger partial charge in [0.05, 0.1) is 0 Å². The lowest BCUT2D eigenvalue weighted by molar-refractivity contribution is 0.174. The third-order valence-electron chi connectivity index (χ3n) is 1.59. The Labute approximate surface area is 78.6 Å². The monoisotopic (exact) mass is 261 g/mol. The first-order chi connectivity index (χ1) is 5.40. The van der Waals surface area contributed by atoms with Crippen LogP contribution in [0, 0.1) is 0 Å². The van der Waals surface area contributed by atoms with Gasteiger partial charge < -0.3 is 9.47 Å². The van der Waals surface area contributed by atoms with E-state index in [0.29, 0.717) is 6.79 Å². The molecule has 1 aromatic rings. The molecule has 58 valence electrons. The second kappa shape index (κ2) is 2.89. The van der Waals surface area contributed by atoms with E-state index in [4.69, 9.17) is 9.47 Å². The second-order valence-corrected chi connectivity index (χ2v) is 3.08. The van der Waals surface area contributed by atoms with Crippen LogP contribution in [0.3, 0.4) is 0 Å². The van der Waals surface area contributed by atoms with E-state index in [-0.39, 0.29) is 0 Å². The molecular formula is C8H7IO2. The standard InChI is InChI=1S/C8H7IO2/c9-4-6-1-2-7-8(3-6)11-5-10-7/h1-3H,4-5H2/i4-1. The van der Waals surface area contributed by atoms with Crippen LogP contribution in [0.4, 0.5) is 0 Å². The molecule has 1 heterocycles. The largest absolute Gasteiger partial charge is 0.454 e. The first-order valence-corrected chi connectivity index (χ1v) is 4.87. The molecule has 0 aliphatic carbocycles. The lowest BCUT2D eigenvalue weighted by Gasteiger charge is -1.97. The van der Waals surface area contributed by atoms with Crippen LogP contribution < -0.4 is 9.47 Å². The van der Waals surface area contributed by atoms with Crippen LogP contribution in [0.25, 0.3) is 0 Å². The fraction of sp³-hybridized carbons (Fsp3) is 0.250. The maximum Gasteiger partial charge on any atom is 0.231 e. The third-order valence-corrected chi connectivity index (χ3v) is 2.47. The van der Waals surface area contributed by atoms with Crippen LogP contribution in [0.15, 0.2) is 18.2 Å². The predicted octanol–water partition coefficient (Wildman–Crippen LogP) is 2.35. The Morgan fingerprint density at radius 1 is 1.27 bits per heavy atom. The quantitative estimate of drug-likeness (QED) is 0.570. The summed E-state index contributed by atoms with van der Waals surface area (Å²) in [7, 11) is 0. The molecular weight excluding hydrogens is 254 g/mol. The number of benzene rings is 1. The summed E-state index contributed by atoms with van der Waals surface area (Å²) in [5.74, 6) is 1.73. The van der Waals surface area contributed by atoms with Gasteiger partial charge in [0.25, 0.3) is 0 Å². The molecule has 0 amide bonds. The number of alkyl halides is 1. The molecule has 0 bridgehead atoms. The van der Waals surface area contributed by atoms with Crippen LogP contribution in [-0.2, 0) is 4.43 Å². The molecule has 0 fully saturated rings. The van der Waals surface area contributed by atoms with E-state index in [9.17, 15) is 0 Å². The molecule has 0 spiro atoms. The highest BCUT2D eigenvalue weighted by Gasteiger charge is 2.12. The van der Waals surface area contributed by atoms with Crippen molar-refractivity contribution in [2.75, 3.05) is 6.79 Å². The third kappa shape index (κ3) is 1.29. The summed E-state index contributed by atoms with van der Waals surface area (Å²) < 4.78 is 11.4. The van der Waals surface area contributed by atoms with Crippen LogP contribution in [-0.4, -0.2) is 6.79 Å². The molecule has 2 rings (SSSR count). The number of rotatable bonds is 1. The lowest BCUT2D eigenvalue weighted by Crippen LogP contribution is -1.92. The van der Waals surface area contributed by atoms with Crippen molar-refractivity contribution in [3.8, 4) is 11.5 Å². The minimum atomic E-state index is 0.361. The number of hydrogen-bond acceptors (Lipinski definition) is 2. The van der Waals surface area contributed by atoms with Crippen molar-refractivity contribution in [2.24, 2.45) is 0 Å². The zero-order valence-electron chi connectivity index (χ0n) is 5.84. The van der Waals surface area contributed by atoms with Crippen LogP contribution in [0.5, 0.6) is 11.5 Å². The molecule has 0 unspecified atom stereocenters. The minimum absolute atomic E-state index is 0.361. The Bertz CT molecular complexity index is 273. The molecule has 2 nitrogen and oxygen atoms in total. The van der Waals surface area contributed by atoms with Gasteiger partial charge in [0, 0.05) is 4.43 Å². The molecule has 1 aliphatic rings. The van der Waals surface area contributed by atoms with Crippen molar-refractivity contribution in [3.05, 3.63) is 23.8 Å². The average Bonchev–Trinajstić information content (AvgIpc) is 2.50. The maximum absolute atomic E-state index is 5.22. The van der Waals surface area contributed by atoms with E-state index >= 15 is 0 Å². The van der Waals surface area contributed by atoms with Crippen molar-refractivity contribution in [1.29, 1.82) is 0 Å². The summed E-state index contributed by atoms with van der Waals surface area (Å²) in [5, 5.41) is 0. The van der Waals surface area contributed by atoms with Gasteiger partial charge in [-0.2, -0.15) is 0 Å². The highest BCUT2D eigenvalue weighted by molar-refractivity contribution is 14.1. The summed E-state index contributed by atoms with van der Waals surface area (Å²) in [4.78, 5) is 0. The summed E-state index contributed by atoms with van der Waals surface area (Å²) in [6.45, 7) is 0.361. The van der Waals surface area contributed by atoms with Crippen molar-refractivity contribution >= 4 is 22.6 Å². The first-order valence-electron chi connectivity index (χ1n) is 3.34. The molecule has 1 aromatic carbocycles. The zero-order chi connectivity index (χ0) is 7.68. The van der Waals surface area contributed by atoms with Gasteiger partial charge in [0.15, 0.2) is 11.5 Å². The zero-order valence-corrected chi connectivity index (χ0v) is 8.00. The van der Waals surface area contributed by atoms with Crippen LogP contribution >= 0.6 is 22.6 Å². The highest BCUT2D eigenvalue weighted by Crippen LogP contribution is 2.32. The summed E-state index contributed by atoms with van der Waals surface area (Å²) in [6, 6.07) is 6.03. The topological polar surface area (TPSA) is 18.5 Å². The Morgan fingerprint density at radius 3 is 2.91 bits per heavy atom. The normalized spacial score (nSPS) is 13.5. The van der Waals surface area contributed by atoms with Gasteiger partial charge in [-0.15, -0.1) is 0 Å². The van der Waals surface area contributed by atoms with E-state index in [1.54, 1.807) is 0 Å². The molecule has 1 aliphatic heterocycles. The van der Waals surface area contributed by atoms with Crippen molar-refractivity contribution in [3.63, 3.8) is 0 Å². The van der Waals surface area contributed by atoms with Gasteiger partial charge in [-0.3, -0.25) is 0 Å². The smallest absolute Gasteiger partial charge is 0.231 e. The fourth-order valence-electron chi connectivity index (χ4n) is 1.02. The first kappa shape index (κ1) is 7.21. The highest BCUT2D eigenvalue weighted by atomic mass is 127. The number of fused-ring (bicyclic) bond motifs is 1. The van der Waals surface area contributed by atoms with E-state index in [2.05, 4.69) is 28.7 Å². The van der Waals surface area contributed by atoms with Gasteiger partial charge >= 0.3 is 0 Å². The molecule has 11 heavy (non-hydrogen) atoms. The maximum atomic E-state index is 5.22. The second-order valence-electron chi connectivity index (χ2n) is 2.32. The Hall–Kier alpha value is -0.450. The lowest BCUT2D eigenvalue weighted by atomic mass is 10.0. The summed E-state index contributed by atoms with van der Waals surface area (Å²) >= 11 is 2.32. The van der Waals surface area contributed by atoms with Crippen LogP contribution in [0.1, 0.15) is 5.56 Å². The molecule has 0 N–H and O–H groups in total. The molecule has 0 saturated carbocycles. The summed E-state index contributed by atoms with van der Waals surface area (Å²) in [5.41, 5.74) is 1.27. The molecule has 0 radical (unpaired) electrons. The van der Waals surface area contributed by atoms with Crippen molar-refractivity contribution in [1.82, 2.24) is 0 Å². The molecule has 3 heteroatoms. The fourth-order valence-corrected chi connectivity index (χ4v) is 1.50. The molecule has 0 saturated heterocycles. The van der Waals surface area contributed by atoms with Crippen LogP contribution in [0.2, 0.25) is 0 Å². The van der Waals surface area contributed by atoms with Crippen molar-refractivity contribution in [2.45, 2.75) is 4.43 Å². The molecule has 0 atom stereocenters. The van der Waals surface area contributed by atoms with E-state index in [1.165, 1.54) is 5.56 Å². The number of ether oxygens (including phenoxy) is 2. The Balaban J connectivity index is 2.41. The van der Waals surface area contributed by atoms with Gasteiger partial charge in [0.2, 0.25) is 6.79 Å². The average molecular weight is 261 g/mol. The SMILES string of the molecule is I[11CH2]c1ccc2c(c1)OCO2. The molecule has 0 aromatic heterocycles. The Morgan fingerprint density at radius 2 is 2.09 bits per heavy atom. The predicted molar refractivity (Wildman–Crippen MR) is 50.3 cm³/mol. The Kier molecular flexibility index (Phi) is 1.89. The number of hydrogen-bond donors (Lipinski definition) is 0. The number of halogens is 1. The van der Waals surface area contributed by atoms with E-state index in [1.807, 2.05) is 12.1 Å². The van der Waals surface area contributed by atoms with E-state index in [0.717, 1.165) is 15.9 Å². The van der Waals surface area contributed by atoms with Crippen molar-refractivity contribution < 1.29 is 9.47 Å². The van der Waals surface area contributed by atoms with Gasteiger partial charge in [0.1, 0.15) is 0 Å². The van der Waals surface area contributed by atoms with Gasteiger partial charge in [-0.1, -0.05) is 28.7 Å².